The average Bonchev–Trinajstić information content (AvgIpc) is 2.46. The number of fused-ring (bicyclic) bond motifs is 1. The number of nitrogens with one attached hydrogen (secondary N) is 2. The lowest BCUT2D eigenvalue weighted by molar-refractivity contribution is -0.128. The maximum absolute atomic E-state index is 12.2. The Hall–Kier alpha value is -2.04. The number of amides is 2. The Morgan fingerprint density at radius 1 is 1.35 bits per heavy atom. The van der Waals surface area contributed by atoms with Crippen LogP contribution < -0.4 is 10.6 Å². The van der Waals surface area contributed by atoms with E-state index < -0.39 is 0 Å². The van der Waals surface area contributed by atoms with Crippen LogP contribution in [0.3, 0.4) is 0 Å². The summed E-state index contributed by atoms with van der Waals surface area (Å²) in [6, 6.07) is 7.88. The third kappa shape index (κ3) is 3.29. The number of carbonyl (C=O) groups is 2. The van der Waals surface area contributed by atoms with Crippen LogP contribution in [0.15, 0.2) is 24.3 Å². The average molecular weight is 275 g/mol. The van der Waals surface area contributed by atoms with Gasteiger partial charge in [-0.05, 0) is 18.1 Å². The molecule has 5 heteroatoms. The Morgan fingerprint density at radius 2 is 2.10 bits per heavy atom. The predicted octanol–water partition coefficient (Wildman–Crippen LogP) is 1.18. The lowest BCUT2D eigenvalue weighted by Crippen LogP contribution is -2.35. The SMILES string of the molecule is CN(C)C(=O)CCNC(=O)C1CCNc2ccccc21. The highest BCUT2D eigenvalue weighted by atomic mass is 16.2. The summed E-state index contributed by atoms with van der Waals surface area (Å²) in [4.78, 5) is 25.2. The molecule has 2 rings (SSSR count). The first kappa shape index (κ1) is 14.4. The first-order valence-corrected chi connectivity index (χ1v) is 6.90. The van der Waals surface area contributed by atoms with E-state index >= 15 is 0 Å². The van der Waals surface area contributed by atoms with Crippen molar-refractivity contribution < 1.29 is 9.59 Å². The van der Waals surface area contributed by atoms with Crippen LogP contribution in [0.25, 0.3) is 0 Å². The van der Waals surface area contributed by atoms with Crippen LogP contribution in [-0.4, -0.2) is 43.9 Å². The highest BCUT2D eigenvalue weighted by Crippen LogP contribution is 2.31. The Labute approximate surface area is 119 Å². The zero-order valence-electron chi connectivity index (χ0n) is 12.0. The van der Waals surface area contributed by atoms with Gasteiger partial charge in [-0.1, -0.05) is 18.2 Å². The van der Waals surface area contributed by atoms with Crippen molar-refractivity contribution in [2.24, 2.45) is 0 Å². The summed E-state index contributed by atoms with van der Waals surface area (Å²) in [6.07, 6.45) is 1.12. The minimum Gasteiger partial charge on any atom is -0.385 e. The standard InChI is InChI=1S/C15H21N3O2/c1-18(2)14(19)8-10-17-15(20)12-7-9-16-13-6-4-3-5-11(12)13/h3-6,12,16H,7-10H2,1-2H3,(H,17,20). The van der Waals surface area contributed by atoms with Crippen LogP contribution in [0.2, 0.25) is 0 Å². The summed E-state index contributed by atoms with van der Waals surface area (Å²) in [5.41, 5.74) is 2.07. The fourth-order valence-electron chi connectivity index (χ4n) is 2.38. The Balaban J connectivity index is 1.92. The number of rotatable bonds is 4. The third-order valence-corrected chi connectivity index (χ3v) is 3.54. The summed E-state index contributed by atoms with van der Waals surface area (Å²) in [7, 11) is 3.43. The van der Waals surface area contributed by atoms with Gasteiger partial charge in [0.1, 0.15) is 0 Å². The topological polar surface area (TPSA) is 61.4 Å². The molecule has 1 aliphatic heterocycles. The molecular formula is C15H21N3O2. The molecule has 0 aromatic heterocycles. The van der Waals surface area contributed by atoms with Crippen molar-refractivity contribution in [3.63, 3.8) is 0 Å². The third-order valence-electron chi connectivity index (χ3n) is 3.54. The molecule has 0 radical (unpaired) electrons. The highest BCUT2D eigenvalue weighted by Gasteiger charge is 2.25. The van der Waals surface area contributed by atoms with E-state index in [1.165, 1.54) is 4.90 Å². The first-order valence-electron chi connectivity index (χ1n) is 6.90. The summed E-state index contributed by atoms with van der Waals surface area (Å²) >= 11 is 0. The van der Waals surface area contributed by atoms with Gasteiger partial charge in [-0.3, -0.25) is 9.59 Å². The van der Waals surface area contributed by atoms with Crippen molar-refractivity contribution in [1.82, 2.24) is 10.2 Å². The predicted molar refractivity (Wildman–Crippen MR) is 78.6 cm³/mol. The minimum absolute atomic E-state index is 0.00510. The van der Waals surface area contributed by atoms with Crippen LogP contribution in [-0.2, 0) is 9.59 Å². The molecule has 1 atom stereocenters. The van der Waals surface area contributed by atoms with Crippen LogP contribution in [0.5, 0.6) is 0 Å². The molecule has 1 heterocycles. The van der Waals surface area contributed by atoms with E-state index in [1.54, 1.807) is 14.1 Å². The molecule has 2 N–H and O–H groups in total. The molecule has 5 nitrogen and oxygen atoms in total. The van der Waals surface area contributed by atoms with Gasteiger partial charge in [0.2, 0.25) is 11.8 Å². The van der Waals surface area contributed by atoms with Crippen LogP contribution in [0.4, 0.5) is 5.69 Å². The van der Waals surface area contributed by atoms with Crippen molar-refractivity contribution >= 4 is 17.5 Å². The summed E-state index contributed by atoms with van der Waals surface area (Å²) in [5, 5.41) is 6.16. The highest BCUT2D eigenvalue weighted by molar-refractivity contribution is 5.86. The number of anilines is 1. The maximum Gasteiger partial charge on any atom is 0.227 e. The molecule has 0 fully saturated rings. The van der Waals surface area contributed by atoms with Gasteiger partial charge in [-0.2, -0.15) is 0 Å². The van der Waals surface area contributed by atoms with Crippen molar-refractivity contribution in [2.45, 2.75) is 18.8 Å². The zero-order valence-corrected chi connectivity index (χ0v) is 12.0. The molecule has 0 aliphatic carbocycles. The quantitative estimate of drug-likeness (QED) is 0.867. The Morgan fingerprint density at radius 3 is 2.85 bits per heavy atom. The largest absolute Gasteiger partial charge is 0.385 e. The molecule has 0 bridgehead atoms. The second kappa shape index (κ2) is 6.41. The molecule has 108 valence electrons. The normalized spacial score (nSPS) is 16.8. The molecule has 2 amide bonds. The number of para-hydroxylation sites is 1. The summed E-state index contributed by atoms with van der Waals surface area (Å²) < 4.78 is 0. The number of benzene rings is 1. The van der Waals surface area contributed by atoms with Crippen LogP contribution in [0, 0.1) is 0 Å². The monoisotopic (exact) mass is 275 g/mol. The number of hydrogen-bond acceptors (Lipinski definition) is 3. The van der Waals surface area contributed by atoms with Crippen molar-refractivity contribution in [3.8, 4) is 0 Å². The fraction of sp³-hybridized carbons (Fsp3) is 0.467. The van der Waals surface area contributed by atoms with Gasteiger partial charge in [0.05, 0.1) is 5.92 Å². The van der Waals surface area contributed by atoms with Crippen LogP contribution >= 0.6 is 0 Å². The lowest BCUT2D eigenvalue weighted by Gasteiger charge is -2.25. The fourth-order valence-corrected chi connectivity index (χ4v) is 2.38. The molecule has 1 unspecified atom stereocenters. The molecule has 0 saturated heterocycles. The van der Waals surface area contributed by atoms with Gasteiger partial charge in [-0.15, -0.1) is 0 Å². The summed E-state index contributed by atoms with van der Waals surface area (Å²) in [5.74, 6) is -0.0941. The smallest absolute Gasteiger partial charge is 0.227 e. The van der Waals surface area contributed by atoms with Gasteiger partial charge in [0.25, 0.3) is 0 Å². The molecule has 1 aromatic carbocycles. The van der Waals surface area contributed by atoms with E-state index in [4.69, 9.17) is 0 Å². The molecule has 0 saturated carbocycles. The molecular weight excluding hydrogens is 254 g/mol. The second-order valence-corrected chi connectivity index (χ2v) is 5.18. The van der Waals surface area contributed by atoms with E-state index in [-0.39, 0.29) is 17.7 Å². The maximum atomic E-state index is 12.2. The molecule has 1 aliphatic rings. The van der Waals surface area contributed by atoms with E-state index in [9.17, 15) is 9.59 Å². The van der Waals surface area contributed by atoms with Crippen molar-refractivity contribution in [2.75, 3.05) is 32.5 Å². The van der Waals surface area contributed by atoms with E-state index in [0.29, 0.717) is 13.0 Å². The number of nitrogens with zero attached hydrogens (tertiary/aromatic N) is 1. The van der Waals surface area contributed by atoms with E-state index in [2.05, 4.69) is 10.6 Å². The number of hydrogen-bond donors (Lipinski definition) is 2. The molecule has 0 spiro atoms. The molecule has 20 heavy (non-hydrogen) atoms. The van der Waals surface area contributed by atoms with E-state index in [1.807, 2.05) is 24.3 Å². The minimum atomic E-state index is -0.123. The summed E-state index contributed by atoms with van der Waals surface area (Å²) in [6.45, 7) is 1.19. The van der Waals surface area contributed by atoms with Crippen molar-refractivity contribution in [3.05, 3.63) is 29.8 Å². The molecule has 1 aromatic rings. The van der Waals surface area contributed by atoms with Gasteiger partial charge >= 0.3 is 0 Å². The van der Waals surface area contributed by atoms with Gasteiger partial charge in [-0.25, -0.2) is 0 Å². The van der Waals surface area contributed by atoms with Gasteiger partial charge < -0.3 is 15.5 Å². The lowest BCUT2D eigenvalue weighted by atomic mass is 9.90. The first-order chi connectivity index (χ1) is 9.59. The Kier molecular flexibility index (Phi) is 4.61. The Bertz CT molecular complexity index is 500. The number of carbonyl (C=O) groups excluding carboxylic acids is 2. The van der Waals surface area contributed by atoms with Crippen molar-refractivity contribution in [1.29, 1.82) is 0 Å². The second-order valence-electron chi connectivity index (χ2n) is 5.18. The zero-order chi connectivity index (χ0) is 14.5. The van der Waals surface area contributed by atoms with E-state index in [0.717, 1.165) is 24.2 Å². The van der Waals surface area contributed by atoms with Gasteiger partial charge in [0, 0.05) is 39.3 Å². The van der Waals surface area contributed by atoms with Gasteiger partial charge in [0.15, 0.2) is 0 Å². The van der Waals surface area contributed by atoms with Crippen LogP contribution in [0.1, 0.15) is 24.3 Å².